The Morgan fingerprint density at radius 3 is 2.28 bits per heavy atom. The summed E-state index contributed by atoms with van der Waals surface area (Å²) in [6.07, 6.45) is 0.761. The van der Waals surface area contributed by atoms with E-state index in [0.717, 1.165) is 18.6 Å². The van der Waals surface area contributed by atoms with Crippen LogP contribution in [0.5, 0.6) is 0 Å². The molecule has 0 fully saturated rings. The third kappa shape index (κ3) is 3.92. The molecule has 0 aliphatic heterocycles. The molecule has 7 heteroatoms. The smallest absolute Gasteiger partial charge is 0.341 e. The fraction of sp³-hybridized carbons (Fsp3) is 0.455. The van der Waals surface area contributed by atoms with Gasteiger partial charge in [-0.1, -0.05) is 0 Å². The minimum atomic E-state index is -4.51. The van der Waals surface area contributed by atoms with Gasteiger partial charge in [0.05, 0.1) is 4.90 Å². The molecule has 1 atom stereocenters. The van der Waals surface area contributed by atoms with Crippen LogP contribution in [0.1, 0.15) is 13.3 Å². The first-order valence-corrected chi connectivity index (χ1v) is 7.00. The number of hydrogen-bond acceptors (Lipinski definition) is 4. The van der Waals surface area contributed by atoms with Crippen molar-refractivity contribution in [3.05, 3.63) is 24.3 Å². The number of alkyl halides is 2. The lowest BCUT2D eigenvalue weighted by atomic mass is 10.2. The molecule has 1 aromatic carbocycles. The van der Waals surface area contributed by atoms with Crippen molar-refractivity contribution in [2.75, 3.05) is 11.9 Å². The molecule has 1 aromatic rings. The summed E-state index contributed by atoms with van der Waals surface area (Å²) in [6.45, 7) is 2.51. The second-order valence-corrected chi connectivity index (χ2v) is 5.94. The van der Waals surface area contributed by atoms with Crippen molar-refractivity contribution in [1.82, 2.24) is 0 Å². The number of nitrogens with one attached hydrogen (secondary N) is 1. The monoisotopic (exact) mass is 278 g/mol. The van der Waals surface area contributed by atoms with Gasteiger partial charge >= 0.3 is 5.76 Å². The van der Waals surface area contributed by atoms with Gasteiger partial charge in [-0.3, -0.25) is 0 Å². The summed E-state index contributed by atoms with van der Waals surface area (Å²) < 4.78 is 46.9. The van der Waals surface area contributed by atoms with E-state index in [1.54, 1.807) is 0 Å². The zero-order chi connectivity index (χ0) is 13.8. The van der Waals surface area contributed by atoms with Crippen LogP contribution < -0.4 is 11.1 Å². The van der Waals surface area contributed by atoms with Gasteiger partial charge in [-0.2, -0.15) is 8.78 Å². The number of anilines is 1. The molecule has 0 heterocycles. The molecule has 1 unspecified atom stereocenters. The van der Waals surface area contributed by atoms with Crippen LogP contribution in [0.25, 0.3) is 0 Å². The lowest BCUT2D eigenvalue weighted by Crippen LogP contribution is -2.19. The molecule has 18 heavy (non-hydrogen) atoms. The van der Waals surface area contributed by atoms with Gasteiger partial charge < -0.3 is 11.1 Å². The van der Waals surface area contributed by atoms with Gasteiger partial charge in [-0.25, -0.2) is 8.42 Å². The van der Waals surface area contributed by atoms with Crippen molar-refractivity contribution in [2.45, 2.75) is 30.0 Å². The molecule has 0 saturated carbocycles. The minimum absolute atomic E-state index is 0.0657. The van der Waals surface area contributed by atoms with Gasteiger partial charge in [-0.15, -0.1) is 0 Å². The van der Waals surface area contributed by atoms with Crippen molar-refractivity contribution >= 4 is 15.5 Å². The first-order chi connectivity index (χ1) is 8.34. The Bertz CT molecular complexity index is 472. The average molecular weight is 278 g/mol. The number of nitrogens with two attached hydrogens (primary N) is 1. The molecule has 0 aliphatic rings. The van der Waals surface area contributed by atoms with Crippen molar-refractivity contribution in [3.8, 4) is 0 Å². The van der Waals surface area contributed by atoms with E-state index in [9.17, 15) is 17.2 Å². The van der Waals surface area contributed by atoms with E-state index >= 15 is 0 Å². The summed E-state index contributed by atoms with van der Waals surface area (Å²) in [4.78, 5) is -0.379. The quantitative estimate of drug-likeness (QED) is 0.832. The maximum absolute atomic E-state index is 12.3. The summed E-state index contributed by atoms with van der Waals surface area (Å²) in [5.74, 6) is -3.39. The van der Waals surface area contributed by atoms with Crippen LogP contribution in [0.3, 0.4) is 0 Å². The average Bonchev–Trinajstić information content (AvgIpc) is 2.29. The van der Waals surface area contributed by atoms with Gasteiger partial charge in [0.2, 0.25) is 9.84 Å². The summed E-state index contributed by atoms with van der Waals surface area (Å²) in [6, 6.07) is 5.30. The van der Waals surface area contributed by atoms with Crippen molar-refractivity contribution in [3.63, 3.8) is 0 Å². The molecule has 0 amide bonds. The topological polar surface area (TPSA) is 72.2 Å². The van der Waals surface area contributed by atoms with E-state index in [-0.39, 0.29) is 10.9 Å². The van der Waals surface area contributed by atoms with E-state index in [0.29, 0.717) is 12.2 Å². The molecular weight excluding hydrogens is 262 g/mol. The van der Waals surface area contributed by atoms with Gasteiger partial charge in [-0.05, 0) is 37.6 Å². The molecule has 1 rings (SSSR count). The van der Waals surface area contributed by atoms with E-state index < -0.39 is 15.6 Å². The second kappa shape index (κ2) is 6.10. The van der Waals surface area contributed by atoms with E-state index in [2.05, 4.69) is 5.32 Å². The number of benzene rings is 1. The molecule has 0 saturated heterocycles. The predicted molar refractivity (Wildman–Crippen MR) is 66.4 cm³/mol. The Kier molecular flexibility index (Phi) is 5.03. The second-order valence-electron chi connectivity index (χ2n) is 4.02. The highest BCUT2D eigenvalue weighted by molar-refractivity contribution is 7.91. The highest BCUT2D eigenvalue weighted by Gasteiger charge is 2.26. The standard InChI is InChI=1S/C11H16F2N2O2S/c1-8(14)6-7-15-9-2-4-10(5-3-9)18(16,17)11(12)13/h2-5,8,11,15H,6-7,14H2,1H3. The summed E-state index contributed by atoms with van der Waals surface area (Å²) in [5.41, 5.74) is 6.24. The van der Waals surface area contributed by atoms with Crippen LogP contribution >= 0.6 is 0 Å². The zero-order valence-corrected chi connectivity index (χ0v) is 10.8. The summed E-state index contributed by atoms with van der Waals surface area (Å²) in [7, 11) is -4.51. The fourth-order valence-electron chi connectivity index (χ4n) is 1.31. The lowest BCUT2D eigenvalue weighted by Gasteiger charge is -2.09. The zero-order valence-electron chi connectivity index (χ0n) is 9.94. The first kappa shape index (κ1) is 14.8. The van der Waals surface area contributed by atoms with Crippen LogP contribution in [0.2, 0.25) is 0 Å². The maximum Gasteiger partial charge on any atom is 0.341 e. The highest BCUT2D eigenvalue weighted by Crippen LogP contribution is 2.20. The van der Waals surface area contributed by atoms with Crippen molar-refractivity contribution in [1.29, 1.82) is 0 Å². The molecule has 0 spiro atoms. The molecule has 0 radical (unpaired) electrons. The number of rotatable bonds is 6. The fourth-order valence-corrected chi connectivity index (χ4v) is 2.03. The van der Waals surface area contributed by atoms with Crippen LogP contribution in [0.4, 0.5) is 14.5 Å². The SMILES string of the molecule is CC(N)CCNc1ccc(S(=O)(=O)C(F)F)cc1. The lowest BCUT2D eigenvalue weighted by molar-refractivity contribution is 0.234. The van der Waals surface area contributed by atoms with Crippen LogP contribution in [0, 0.1) is 0 Å². The molecule has 3 N–H and O–H groups in total. The van der Waals surface area contributed by atoms with E-state index in [4.69, 9.17) is 5.73 Å². The van der Waals surface area contributed by atoms with E-state index in [1.165, 1.54) is 12.1 Å². The van der Waals surface area contributed by atoms with Gasteiger partial charge in [0.15, 0.2) is 0 Å². The van der Waals surface area contributed by atoms with Crippen molar-refractivity contribution < 1.29 is 17.2 Å². The van der Waals surface area contributed by atoms with Gasteiger partial charge in [0.25, 0.3) is 0 Å². The molecule has 0 aliphatic carbocycles. The maximum atomic E-state index is 12.3. The van der Waals surface area contributed by atoms with E-state index in [1.807, 2.05) is 6.92 Å². The minimum Gasteiger partial charge on any atom is -0.385 e. The third-order valence-electron chi connectivity index (χ3n) is 2.35. The molecular formula is C11H16F2N2O2S. The highest BCUT2D eigenvalue weighted by atomic mass is 32.2. The van der Waals surface area contributed by atoms with Crippen molar-refractivity contribution in [2.24, 2.45) is 5.73 Å². The molecule has 102 valence electrons. The Morgan fingerprint density at radius 2 is 1.83 bits per heavy atom. The van der Waals surface area contributed by atoms with Gasteiger partial charge in [0.1, 0.15) is 0 Å². The Hall–Kier alpha value is -1.21. The third-order valence-corrected chi connectivity index (χ3v) is 3.74. The normalized spacial score (nSPS) is 13.6. The predicted octanol–water partition coefficient (Wildman–Crippen LogP) is 1.83. The summed E-state index contributed by atoms with van der Waals surface area (Å²) >= 11 is 0. The molecule has 4 nitrogen and oxygen atoms in total. The van der Waals surface area contributed by atoms with Gasteiger partial charge in [0, 0.05) is 18.3 Å². The van der Waals surface area contributed by atoms with Crippen LogP contribution in [-0.2, 0) is 9.84 Å². The molecule has 0 bridgehead atoms. The Morgan fingerprint density at radius 1 is 1.28 bits per heavy atom. The summed E-state index contributed by atoms with van der Waals surface area (Å²) in [5, 5.41) is 3.02. The first-order valence-electron chi connectivity index (χ1n) is 5.45. The Labute approximate surface area is 105 Å². The molecule has 0 aromatic heterocycles. The number of halogens is 2. The Balaban J connectivity index is 2.69. The number of sulfone groups is 1. The largest absolute Gasteiger partial charge is 0.385 e. The van der Waals surface area contributed by atoms with Crippen LogP contribution in [-0.4, -0.2) is 26.8 Å². The van der Waals surface area contributed by atoms with Crippen LogP contribution in [0.15, 0.2) is 29.2 Å². The number of hydrogen-bond donors (Lipinski definition) is 2.